The van der Waals surface area contributed by atoms with Crippen molar-refractivity contribution in [2.75, 3.05) is 0 Å². The molecule has 0 bridgehead atoms. The van der Waals surface area contributed by atoms with Gasteiger partial charge in [-0.15, -0.1) is 0 Å². The van der Waals surface area contributed by atoms with Crippen LogP contribution in [-0.4, -0.2) is 16.3 Å². The zero-order valence-electron chi connectivity index (χ0n) is 7.60. The third-order valence-corrected chi connectivity index (χ3v) is 1.76. The Morgan fingerprint density at radius 1 is 1.29 bits per heavy atom. The lowest BCUT2D eigenvalue weighted by Gasteiger charge is -1.93. The van der Waals surface area contributed by atoms with Gasteiger partial charge in [-0.05, 0) is 19.1 Å². The molecule has 4 nitrogen and oxygen atoms in total. The second kappa shape index (κ2) is 3.41. The Kier molecular flexibility index (Phi) is 2.10. The number of nitrogens with zero attached hydrogens (tertiary/aromatic N) is 2. The SMILES string of the molecule is Cc1cnc(-c2ccc(C=O)cn2)o1. The highest BCUT2D eigenvalue weighted by Gasteiger charge is 2.04. The highest BCUT2D eigenvalue weighted by atomic mass is 16.4. The molecule has 0 aliphatic rings. The number of aromatic nitrogens is 2. The first-order chi connectivity index (χ1) is 6.79. The lowest BCUT2D eigenvalue weighted by Crippen LogP contribution is -1.85. The van der Waals surface area contributed by atoms with Crippen molar-refractivity contribution in [1.82, 2.24) is 9.97 Å². The van der Waals surface area contributed by atoms with E-state index in [0.29, 0.717) is 17.1 Å². The number of hydrogen-bond donors (Lipinski definition) is 0. The summed E-state index contributed by atoms with van der Waals surface area (Å²) in [5.41, 5.74) is 1.17. The van der Waals surface area contributed by atoms with Crippen LogP contribution in [0.15, 0.2) is 28.9 Å². The fraction of sp³-hybridized carbons (Fsp3) is 0.100. The number of carbonyl (C=O) groups is 1. The van der Waals surface area contributed by atoms with Crippen molar-refractivity contribution >= 4 is 6.29 Å². The van der Waals surface area contributed by atoms with Gasteiger partial charge < -0.3 is 4.42 Å². The van der Waals surface area contributed by atoms with Crippen LogP contribution < -0.4 is 0 Å². The first kappa shape index (κ1) is 8.62. The minimum atomic E-state index is 0.472. The lowest BCUT2D eigenvalue weighted by atomic mass is 10.3. The number of rotatable bonds is 2. The minimum absolute atomic E-state index is 0.472. The molecular formula is C10H8N2O2. The van der Waals surface area contributed by atoms with Crippen LogP contribution in [0.1, 0.15) is 16.1 Å². The number of oxazole rings is 1. The first-order valence-corrected chi connectivity index (χ1v) is 4.13. The summed E-state index contributed by atoms with van der Waals surface area (Å²) < 4.78 is 5.28. The number of aldehydes is 1. The second-order valence-electron chi connectivity index (χ2n) is 2.87. The number of pyridine rings is 1. The van der Waals surface area contributed by atoms with Crippen LogP contribution in [0, 0.1) is 6.92 Å². The van der Waals surface area contributed by atoms with Crippen LogP contribution in [0.4, 0.5) is 0 Å². The van der Waals surface area contributed by atoms with Gasteiger partial charge in [-0.3, -0.25) is 9.78 Å². The zero-order chi connectivity index (χ0) is 9.97. The van der Waals surface area contributed by atoms with Gasteiger partial charge in [0, 0.05) is 11.8 Å². The number of hydrogen-bond acceptors (Lipinski definition) is 4. The van der Waals surface area contributed by atoms with Gasteiger partial charge in [-0.2, -0.15) is 0 Å². The van der Waals surface area contributed by atoms with Crippen LogP contribution in [-0.2, 0) is 0 Å². The molecule has 2 rings (SSSR count). The van der Waals surface area contributed by atoms with Crippen molar-refractivity contribution in [2.45, 2.75) is 6.92 Å². The van der Waals surface area contributed by atoms with E-state index in [0.717, 1.165) is 12.0 Å². The highest BCUT2D eigenvalue weighted by Crippen LogP contribution is 2.15. The van der Waals surface area contributed by atoms with Crippen molar-refractivity contribution in [3.8, 4) is 11.6 Å². The van der Waals surface area contributed by atoms with E-state index in [4.69, 9.17) is 4.42 Å². The van der Waals surface area contributed by atoms with Crippen molar-refractivity contribution in [3.05, 3.63) is 35.9 Å². The Morgan fingerprint density at radius 3 is 2.64 bits per heavy atom. The van der Waals surface area contributed by atoms with E-state index in [1.807, 2.05) is 6.92 Å². The van der Waals surface area contributed by atoms with Crippen molar-refractivity contribution in [2.24, 2.45) is 0 Å². The summed E-state index contributed by atoms with van der Waals surface area (Å²) in [7, 11) is 0. The van der Waals surface area contributed by atoms with E-state index < -0.39 is 0 Å². The van der Waals surface area contributed by atoms with E-state index >= 15 is 0 Å². The Hall–Kier alpha value is -1.97. The quantitative estimate of drug-likeness (QED) is 0.675. The molecule has 0 saturated heterocycles. The summed E-state index contributed by atoms with van der Waals surface area (Å²) in [6, 6.07) is 3.38. The van der Waals surface area contributed by atoms with Gasteiger partial charge in [0.15, 0.2) is 6.29 Å². The molecule has 0 unspecified atom stereocenters. The molecule has 2 aromatic heterocycles. The van der Waals surface area contributed by atoms with Crippen LogP contribution in [0.5, 0.6) is 0 Å². The maximum atomic E-state index is 10.4. The number of aryl methyl sites for hydroxylation is 1. The average molecular weight is 188 g/mol. The summed E-state index contributed by atoms with van der Waals surface area (Å²) in [5.74, 6) is 1.21. The summed E-state index contributed by atoms with van der Waals surface area (Å²) in [6.07, 6.45) is 3.87. The summed E-state index contributed by atoms with van der Waals surface area (Å²) >= 11 is 0. The predicted molar refractivity (Wildman–Crippen MR) is 49.9 cm³/mol. The third kappa shape index (κ3) is 1.54. The van der Waals surface area contributed by atoms with Crippen molar-refractivity contribution in [3.63, 3.8) is 0 Å². The molecule has 0 aliphatic heterocycles. The maximum Gasteiger partial charge on any atom is 0.245 e. The second-order valence-corrected chi connectivity index (χ2v) is 2.87. The summed E-state index contributed by atoms with van der Waals surface area (Å²) in [4.78, 5) is 18.4. The predicted octanol–water partition coefficient (Wildman–Crippen LogP) is 1.86. The molecule has 0 saturated carbocycles. The van der Waals surface area contributed by atoms with Crippen molar-refractivity contribution in [1.29, 1.82) is 0 Å². The first-order valence-electron chi connectivity index (χ1n) is 4.13. The highest BCUT2D eigenvalue weighted by molar-refractivity contribution is 5.74. The number of carbonyl (C=O) groups excluding carboxylic acids is 1. The van der Waals surface area contributed by atoms with Crippen LogP contribution in [0.25, 0.3) is 11.6 Å². The van der Waals surface area contributed by atoms with Gasteiger partial charge in [0.25, 0.3) is 0 Å². The van der Waals surface area contributed by atoms with Crippen molar-refractivity contribution < 1.29 is 9.21 Å². The smallest absolute Gasteiger partial charge is 0.245 e. The molecule has 0 atom stereocenters. The molecule has 0 aliphatic carbocycles. The largest absolute Gasteiger partial charge is 0.440 e. The van der Waals surface area contributed by atoms with Gasteiger partial charge in [0.1, 0.15) is 11.5 Å². The molecule has 0 fully saturated rings. The molecule has 0 radical (unpaired) electrons. The molecule has 70 valence electrons. The van der Waals surface area contributed by atoms with Crippen LogP contribution in [0.2, 0.25) is 0 Å². The lowest BCUT2D eigenvalue weighted by molar-refractivity contribution is 0.112. The normalized spacial score (nSPS) is 10.1. The molecule has 2 aromatic rings. The van der Waals surface area contributed by atoms with E-state index in [1.54, 1.807) is 18.3 Å². The van der Waals surface area contributed by atoms with E-state index in [9.17, 15) is 4.79 Å². The molecule has 0 spiro atoms. The maximum absolute atomic E-state index is 10.4. The fourth-order valence-electron chi connectivity index (χ4n) is 1.07. The van der Waals surface area contributed by atoms with Gasteiger partial charge in [0.2, 0.25) is 5.89 Å². The van der Waals surface area contributed by atoms with E-state index in [-0.39, 0.29) is 0 Å². The van der Waals surface area contributed by atoms with Crippen LogP contribution in [0.3, 0.4) is 0 Å². The summed E-state index contributed by atoms with van der Waals surface area (Å²) in [5, 5.41) is 0. The third-order valence-electron chi connectivity index (χ3n) is 1.76. The molecule has 4 heteroatoms. The Bertz CT molecular complexity index is 445. The zero-order valence-corrected chi connectivity index (χ0v) is 7.60. The van der Waals surface area contributed by atoms with Gasteiger partial charge in [-0.1, -0.05) is 0 Å². The van der Waals surface area contributed by atoms with Gasteiger partial charge in [0.05, 0.1) is 6.20 Å². The molecule has 0 N–H and O–H groups in total. The van der Waals surface area contributed by atoms with E-state index in [2.05, 4.69) is 9.97 Å². The molecule has 0 aromatic carbocycles. The van der Waals surface area contributed by atoms with Gasteiger partial charge >= 0.3 is 0 Å². The summed E-state index contributed by atoms with van der Waals surface area (Å²) in [6.45, 7) is 1.82. The van der Waals surface area contributed by atoms with E-state index in [1.165, 1.54) is 6.20 Å². The monoisotopic (exact) mass is 188 g/mol. The standard InChI is InChI=1S/C10H8N2O2/c1-7-4-12-10(14-7)9-3-2-8(6-13)5-11-9/h2-6H,1H3. The minimum Gasteiger partial charge on any atom is -0.440 e. The average Bonchev–Trinajstić information content (AvgIpc) is 2.65. The van der Waals surface area contributed by atoms with Crippen LogP contribution >= 0.6 is 0 Å². The fourth-order valence-corrected chi connectivity index (χ4v) is 1.07. The molecular weight excluding hydrogens is 180 g/mol. The Morgan fingerprint density at radius 2 is 2.14 bits per heavy atom. The Labute approximate surface area is 80.6 Å². The molecule has 14 heavy (non-hydrogen) atoms. The Balaban J connectivity index is 2.38. The topological polar surface area (TPSA) is 56.0 Å². The molecule has 2 heterocycles. The molecule has 0 amide bonds. The van der Waals surface area contributed by atoms with Gasteiger partial charge in [-0.25, -0.2) is 4.98 Å².